The van der Waals surface area contributed by atoms with Gasteiger partial charge in [0.1, 0.15) is 0 Å². The summed E-state index contributed by atoms with van der Waals surface area (Å²) >= 11 is 1.45. The number of anilines is 4. The van der Waals surface area contributed by atoms with Crippen molar-refractivity contribution in [3.63, 3.8) is 0 Å². The van der Waals surface area contributed by atoms with Crippen LogP contribution in [0, 0.1) is 23.7 Å². The van der Waals surface area contributed by atoms with Gasteiger partial charge in [0.05, 0.1) is 6.20 Å². The van der Waals surface area contributed by atoms with Gasteiger partial charge in [0.25, 0.3) is 6.01 Å². The van der Waals surface area contributed by atoms with E-state index in [9.17, 15) is 19.2 Å². The highest BCUT2D eigenvalue weighted by Gasteiger charge is 2.41. The monoisotopic (exact) mass is 1700 g/mol. The molecule has 0 aliphatic carbocycles. The molecule has 0 spiro atoms. The van der Waals surface area contributed by atoms with Gasteiger partial charge in [0.2, 0.25) is 17.0 Å². The number of ketones is 4. The summed E-state index contributed by atoms with van der Waals surface area (Å²) in [6.07, 6.45) is 28.8. The van der Waals surface area contributed by atoms with E-state index >= 15 is 0 Å². The van der Waals surface area contributed by atoms with Gasteiger partial charge in [0.15, 0.2) is 45.5 Å². The fraction of sp³-hybridized carbons (Fsp3) is 0.536. The summed E-state index contributed by atoms with van der Waals surface area (Å²) in [5.41, 5.74) is 9.75. The first-order valence-electron chi connectivity index (χ1n) is 46.0. The number of piperazine rings is 4. The molecule has 27 heteroatoms. The lowest BCUT2D eigenvalue weighted by molar-refractivity contribution is 0.0926. The molecule has 4 bridgehead atoms. The first kappa shape index (κ1) is 88.7. The van der Waals surface area contributed by atoms with Gasteiger partial charge < -0.3 is 44.0 Å². The molecule has 14 heterocycles. The van der Waals surface area contributed by atoms with Crippen LogP contribution in [0.3, 0.4) is 0 Å². The summed E-state index contributed by atoms with van der Waals surface area (Å²) in [5.74, 6) is 4.00. The topological polar surface area (TPSA) is 292 Å². The standard InChI is InChI=1S/C25H32N4O2.C24H32N6O.C24H34N6O.C24H33N5OS/c1-3-6-17(11-18-13-26-22-8-5-4-7-21(18)22)12-23(30)24-14-27-25(31-24)29-15-19-9-10-20(16-29)28(19)2;1-3-6-16(11-17-13-25-21-8-5-4-7-20(17)21)12-22(31)23-26-24(28-27-23)30-14-18-9-10-19(15-30)29(18)2;1-5-8-18(11-19-13-25-21-10-7-6-9-20(19)21)12-22(31)23-26-24(28-27-23)30-14-16(2)29(4)17(3)15-30;1-5-8-18(11-19-13-25-21-10-7-6-9-20(19)21)12-22(30)23-26-27-24(31-23)29-14-16(2)28(4)17(3)15-29/h4-5,7-8,13-14,17,19-20,26H,3,6,9-12,15-16H2,1-2H3;4-5,7-8,13,16,18-19,25H,3,6,9-12,14-15H2,1-2H3,(H,26,27,28);6-7,9-10,13,16-18,25H,5,8,11-12,14-15H2,1-4H3,(H,26,27,28);6-7,9-10,13,16-18,25H,5,8,11-12,14-15H2,1-4H3/t;;2*16-,17+,18?. The quantitative estimate of drug-likeness (QED) is 0.0214. The number of hydrogen-bond donors (Lipinski definition) is 6. The number of aromatic amines is 6. The highest BCUT2D eigenvalue weighted by atomic mass is 32.1. The molecular weight excluding hydrogens is 1570 g/mol. The van der Waals surface area contributed by atoms with Gasteiger partial charge in [-0.05, 0) is 203 Å². The Hall–Kier alpha value is -10.2. The van der Waals surface area contributed by atoms with Crippen molar-refractivity contribution >= 4 is 101 Å². The minimum absolute atomic E-state index is 0.0484. The van der Waals surface area contributed by atoms with Gasteiger partial charge >= 0.3 is 0 Å². The average molecular weight is 1700 g/mol. The first-order valence-corrected chi connectivity index (χ1v) is 46.8. The van der Waals surface area contributed by atoms with Gasteiger partial charge in [-0.1, -0.05) is 138 Å². The van der Waals surface area contributed by atoms with Crippen molar-refractivity contribution in [2.24, 2.45) is 23.7 Å². The molecule has 8 unspecified atom stereocenters. The van der Waals surface area contributed by atoms with E-state index in [0.29, 0.717) is 132 Å². The Morgan fingerprint density at radius 1 is 0.411 bits per heavy atom. The number of carbonyl (C=O) groups excluding carboxylic acids is 4. The lowest BCUT2D eigenvalue weighted by atomic mass is 9.90. The number of nitrogens with zero attached hydrogens (tertiary/aromatic N) is 15. The van der Waals surface area contributed by atoms with Gasteiger partial charge in [-0.25, -0.2) is 4.98 Å². The molecule has 12 atom stereocenters. The van der Waals surface area contributed by atoms with Gasteiger partial charge in [-0.2, -0.15) is 9.97 Å². The number of fused-ring (bicyclic) bond motifs is 8. The van der Waals surface area contributed by atoms with Crippen molar-refractivity contribution in [3.8, 4) is 0 Å². The molecule has 6 fully saturated rings. The van der Waals surface area contributed by atoms with Gasteiger partial charge in [-0.3, -0.25) is 49.0 Å². The SMILES string of the molecule is CCCC(CC(=O)c1cnc(N2CC3CCC(C2)N3C)o1)Cc1c[nH]c2ccccc12.CCCC(CC(=O)c1nc(N2CC3CCC(C2)N3C)n[nH]1)Cc1c[nH]c2ccccc12.CCCC(CC(=O)c1nc(N2C[C@@H](C)N(C)[C@@H](C)C2)n[nH]1)Cc1c[nH]c2ccccc12.CCCC(CC(=O)c1nnc(N2C[C@@H](C)N(C)[C@@H](C)C2)s1)Cc1c[nH]c2ccccc12. The number of likely N-dealkylation sites (N-methyl/N-ethyl adjacent to an activating group) is 4. The molecule has 124 heavy (non-hydrogen) atoms. The van der Waals surface area contributed by atoms with Crippen LogP contribution in [0.25, 0.3) is 43.6 Å². The maximum Gasteiger partial charge on any atom is 0.297 e. The summed E-state index contributed by atoms with van der Waals surface area (Å²) in [5, 5.41) is 29.7. The Morgan fingerprint density at radius 3 is 1.11 bits per heavy atom. The largest absolute Gasteiger partial charge is 0.420 e. The van der Waals surface area contributed by atoms with Crippen LogP contribution in [0.2, 0.25) is 0 Å². The normalized spacial score (nSPS) is 21.6. The Balaban J connectivity index is 0.000000128. The Bertz CT molecular complexity index is 4840. The number of para-hydroxylation sites is 4. The number of carbonyl (C=O) groups is 4. The zero-order valence-electron chi connectivity index (χ0n) is 75.0. The summed E-state index contributed by atoms with van der Waals surface area (Å²) in [6.45, 7) is 24.9. The number of nitrogens with one attached hydrogen (secondary N) is 6. The van der Waals surface area contributed by atoms with Crippen LogP contribution in [0.4, 0.5) is 23.0 Å². The summed E-state index contributed by atoms with van der Waals surface area (Å²) in [6, 6.07) is 38.1. The smallest absolute Gasteiger partial charge is 0.297 e. The number of hydrogen-bond acceptors (Lipinski definition) is 21. The molecule has 6 aliphatic heterocycles. The van der Waals surface area contributed by atoms with E-state index in [1.165, 1.54) is 80.8 Å². The van der Waals surface area contributed by atoms with Crippen molar-refractivity contribution < 1.29 is 23.6 Å². The van der Waals surface area contributed by atoms with Crippen molar-refractivity contribution in [1.29, 1.82) is 0 Å². The Labute approximate surface area is 734 Å². The predicted octanol–water partition coefficient (Wildman–Crippen LogP) is 17.3. The molecule has 660 valence electrons. The third-order valence-corrected chi connectivity index (χ3v) is 28.9. The number of oxazole rings is 1. The second kappa shape index (κ2) is 40.8. The molecule has 0 radical (unpaired) electrons. The lowest BCUT2D eigenvalue weighted by Gasteiger charge is -2.42. The van der Waals surface area contributed by atoms with Crippen molar-refractivity contribution in [2.75, 3.05) is 100 Å². The van der Waals surface area contributed by atoms with Gasteiger partial charge in [0, 0.05) is 195 Å². The highest BCUT2D eigenvalue weighted by Crippen LogP contribution is 2.37. The zero-order chi connectivity index (χ0) is 86.7. The van der Waals surface area contributed by atoms with Crippen molar-refractivity contribution in [3.05, 3.63) is 173 Å². The minimum atomic E-state index is 0.0484. The second-order valence-electron chi connectivity index (χ2n) is 36.7. The number of benzene rings is 4. The molecule has 8 aromatic heterocycles. The van der Waals surface area contributed by atoms with E-state index in [4.69, 9.17) is 4.42 Å². The van der Waals surface area contributed by atoms with E-state index in [1.54, 1.807) is 6.20 Å². The summed E-state index contributed by atoms with van der Waals surface area (Å²) in [4.78, 5) is 97.9. The van der Waals surface area contributed by atoms with Crippen LogP contribution in [-0.4, -0.2) is 237 Å². The fourth-order valence-corrected chi connectivity index (χ4v) is 21.1. The molecule has 6 saturated heterocycles. The number of Topliss-reactive ketones (excluding diaryl/α,β-unsaturated/α-hetero) is 4. The predicted molar refractivity (Wildman–Crippen MR) is 498 cm³/mol. The maximum atomic E-state index is 13.1. The van der Waals surface area contributed by atoms with Crippen LogP contribution in [-0.2, 0) is 25.7 Å². The molecular formula is C97H131N21O5S. The Morgan fingerprint density at radius 2 is 0.742 bits per heavy atom. The summed E-state index contributed by atoms with van der Waals surface area (Å²) < 4.78 is 5.97. The number of rotatable bonds is 32. The second-order valence-corrected chi connectivity index (χ2v) is 37.7. The Kier molecular flexibility index (Phi) is 29.2. The molecule has 4 aromatic carbocycles. The first-order chi connectivity index (χ1) is 60.2. The van der Waals surface area contributed by atoms with Crippen LogP contribution >= 0.6 is 11.3 Å². The molecule has 18 rings (SSSR count). The average Bonchev–Trinajstić information content (AvgIpc) is 1.65. The van der Waals surface area contributed by atoms with E-state index in [0.717, 1.165) is 157 Å². The van der Waals surface area contributed by atoms with E-state index in [1.807, 2.05) is 24.3 Å². The molecule has 0 saturated carbocycles. The van der Waals surface area contributed by atoms with E-state index < -0.39 is 0 Å². The van der Waals surface area contributed by atoms with Crippen LogP contribution in [0.5, 0.6) is 0 Å². The van der Waals surface area contributed by atoms with Crippen LogP contribution in [0.1, 0.15) is 222 Å². The van der Waals surface area contributed by atoms with E-state index in [2.05, 4.69) is 286 Å². The van der Waals surface area contributed by atoms with Crippen LogP contribution in [0.15, 0.2) is 132 Å². The van der Waals surface area contributed by atoms with Crippen molar-refractivity contribution in [2.45, 2.75) is 232 Å². The summed E-state index contributed by atoms with van der Waals surface area (Å²) in [7, 11) is 8.75. The lowest BCUT2D eigenvalue weighted by Crippen LogP contribution is -2.55. The number of aromatic nitrogens is 13. The molecule has 6 aliphatic rings. The highest BCUT2D eigenvalue weighted by molar-refractivity contribution is 7.17. The third kappa shape index (κ3) is 21.0. The molecule has 6 N–H and O–H groups in total. The van der Waals surface area contributed by atoms with Crippen molar-refractivity contribution in [1.82, 2.24) is 85.1 Å². The molecule has 26 nitrogen and oxygen atoms in total. The van der Waals surface area contributed by atoms with Gasteiger partial charge in [-0.15, -0.1) is 20.4 Å². The fourth-order valence-electron chi connectivity index (χ4n) is 20.3. The van der Waals surface area contributed by atoms with Crippen LogP contribution < -0.4 is 19.6 Å². The number of H-pyrrole nitrogens is 6. The maximum absolute atomic E-state index is 13.1. The molecule has 12 aromatic rings. The third-order valence-electron chi connectivity index (χ3n) is 27.8. The minimum Gasteiger partial charge on any atom is -0.420 e. The molecule has 0 amide bonds. The van der Waals surface area contributed by atoms with E-state index in [-0.39, 0.29) is 29.1 Å². The zero-order valence-corrected chi connectivity index (χ0v) is 75.8.